The molecule has 2 nitrogen and oxygen atoms in total. The number of anilines is 1. The molecule has 1 rings (SSSR count). The molecule has 15 heavy (non-hydrogen) atoms. The molecule has 0 N–H and O–H groups in total. The van der Waals surface area contributed by atoms with Crippen molar-refractivity contribution in [2.75, 3.05) is 11.4 Å². The third-order valence-corrected chi connectivity index (χ3v) is 2.28. The first kappa shape index (κ1) is 11.8. The minimum Gasteiger partial charge on any atom is -0.312 e. The fraction of sp³-hybridized carbons (Fsp3) is 0.462. The first-order chi connectivity index (χ1) is 7.16. The van der Waals surface area contributed by atoms with E-state index in [1.165, 1.54) is 0 Å². The molecule has 0 aromatic heterocycles. The summed E-state index contributed by atoms with van der Waals surface area (Å²) in [6.45, 7) is 6.76. The summed E-state index contributed by atoms with van der Waals surface area (Å²) < 4.78 is 0. The second kappa shape index (κ2) is 5.54. The second-order valence-corrected chi connectivity index (χ2v) is 3.98. The minimum absolute atomic E-state index is 0.0526. The number of nitrogens with zero attached hydrogens (tertiary/aromatic N) is 1. The molecule has 1 aromatic rings. The van der Waals surface area contributed by atoms with E-state index in [1.807, 2.05) is 49.1 Å². The van der Waals surface area contributed by atoms with Crippen molar-refractivity contribution in [1.29, 1.82) is 0 Å². The van der Waals surface area contributed by atoms with Crippen molar-refractivity contribution >= 4 is 11.6 Å². The van der Waals surface area contributed by atoms with Crippen molar-refractivity contribution in [3.05, 3.63) is 30.3 Å². The number of hydrogen-bond donors (Lipinski definition) is 0. The van der Waals surface area contributed by atoms with Crippen LogP contribution in [0.5, 0.6) is 0 Å². The van der Waals surface area contributed by atoms with Gasteiger partial charge in [-0.05, 0) is 18.6 Å². The summed E-state index contributed by atoms with van der Waals surface area (Å²) in [6.07, 6.45) is 0.980. The standard InChI is InChI=1S/C13H19NO/c1-4-10-14(13(15)11(2)3)12-8-6-5-7-9-12/h5-9,11H,4,10H2,1-3H3. The number of carbonyl (C=O) groups excluding carboxylic acids is 1. The van der Waals surface area contributed by atoms with Crippen molar-refractivity contribution in [3.8, 4) is 0 Å². The van der Waals surface area contributed by atoms with Crippen LogP contribution in [-0.4, -0.2) is 12.5 Å². The van der Waals surface area contributed by atoms with Crippen molar-refractivity contribution < 1.29 is 4.79 Å². The Balaban J connectivity index is 2.88. The van der Waals surface area contributed by atoms with Gasteiger partial charge in [-0.2, -0.15) is 0 Å². The predicted octanol–water partition coefficient (Wildman–Crippen LogP) is 3.09. The Kier molecular flexibility index (Phi) is 4.35. The summed E-state index contributed by atoms with van der Waals surface area (Å²) in [7, 11) is 0. The SMILES string of the molecule is CCCN(C(=O)C(C)C)c1ccccc1. The first-order valence-corrected chi connectivity index (χ1v) is 5.53. The van der Waals surface area contributed by atoms with Crippen LogP contribution in [0.1, 0.15) is 27.2 Å². The predicted molar refractivity (Wildman–Crippen MR) is 63.9 cm³/mol. The summed E-state index contributed by atoms with van der Waals surface area (Å²) in [5.41, 5.74) is 0.998. The van der Waals surface area contributed by atoms with Crippen LogP contribution < -0.4 is 4.90 Å². The van der Waals surface area contributed by atoms with E-state index in [0.29, 0.717) is 0 Å². The molecule has 0 aliphatic carbocycles. The molecule has 0 spiro atoms. The Labute approximate surface area is 91.9 Å². The molecular formula is C13H19NO. The fourth-order valence-corrected chi connectivity index (χ4v) is 1.51. The van der Waals surface area contributed by atoms with Crippen LogP contribution in [0.15, 0.2) is 30.3 Å². The molecule has 82 valence electrons. The maximum absolute atomic E-state index is 12.0. The number of para-hydroxylation sites is 1. The van der Waals surface area contributed by atoms with Crippen LogP contribution >= 0.6 is 0 Å². The van der Waals surface area contributed by atoms with Gasteiger partial charge in [0.1, 0.15) is 0 Å². The van der Waals surface area contributed by atoms with Gasteiger partial charge in [0.05, 0.1) is 0 Å². The van der Waals surface area contributed by atoms with Gasteiger partial charge < -0.3 is 4.90 Å². The highest BCUT2D eigenvalue weighted by Gasteiger charge is 2.17. The Bertz CT molecular complexity index is 306. The third kappa shape index (κ3) is 3.08. The highest BCUT2D eigenvalue weighted by Crippen LogP contribution is 2.16. The Morgan fingerprint density at radius 2 is 1.87 bits per heavy atom. The number of rotatable bonds is 4. The Morgan fingerprint density at radius 1 is 1.27 bits per heavy atom. The van der Waals surface area contributed by atoms with Crippen LogP contribution in [-0.2, 0) is 4.79 Å². The minimum atomic E-state index is 0.0526. The molecule has 0 atom stereocenters. The van der Waals surface area contributed by atoms with Crippen LogP contribution in [0.25, 0.3) is 0 Å². The highest BCUT2D eigenvalue weighted by atomic mass is 16.2. The monoisotopic (exact) mass is 205 g/mol. The van der Waals surface area contributed by atoms with Gasteiger partial charge in [0, 0.05) is 18.2 Å². The molecule has 0 aliphatic rings. The molecule has 0 radical (unpaired) electrons. The van der Waals surface area contributed by atoms with Crippen molar-refractivity contribution in [3.63, 3.8) is 0 Å². The van der Waals surface area contributed by atoms with Gasteiger partial charge >= 0.3 is 0 Å². The molecule has 0 bridgehead atoms. The van der Waals surface area contributed by atoms with E-state index < -0.39 is 0 Å². The molecule has 0 fully saturated rings. The number of amides is 1. The van der Waals surface area contributed by atoms with E-state index in [4.69, 9.17) is 0 Å². The van der Waals surface area contributed by atoms with Gasteiger partial charge in [-0.25, -0.2) is 0 Å². The van der Waals surface area contributed by atoms with Crippen LogP contribution in [0, 0.1) is 5.92 Å². The molecule has 1 amide bonds. The number of benzene rings is 1. The summed E-state index contributed by atoms with van der Waals surface area (Å²) in [6, 6.07) is 9.86. The van der Waals surface area contributed by atoms with Crippen molar-refractivity contribution in [2.45, 2.75) is 27.2 Å². The Morgan fingerprint density at radius 3 is 2.33 bits per heavy atom. The zero-order valence-corrected chi connectivity index (χ0v) is 9.73. The molecular weight excluding hydrogens is 186 g/mol. The van der Waals surface area contributed by atoms with Crippen LogP contribution in [0.4, 0.5) is 5.69 Å². The second-order valence-electron chi connectivity index (χ2n) is 3.98. The van der Waals surface area contributed by atoms with Gasteiger partial charge in [0.2, 0.25) is 5.91 Å². The highest BCUT2D eigenvalue weighted by molar-refractivity contribution is 5.94. The number of carbonyl (C=O) groups is 1. The molecule has 0 saturated heterocycles. The summed E-state index contributed by atoms with van der Waals surface area (Å²) in [5.74, 6) is 0.250. The smallest absolute Gasteiger partial charge is 0.229 e. The van der Waals surface area contributed by atoms with Gasteiger partial charge in [-0.1, -0.05) is 39.0 Å². The summed E-state index contributed by atoms with van der Waals surface area (Å²) >= 11 is 0. The van der Waals surface area contributed by atoms with E-state index in [1.54, 1.807) is 0 Å². The van der Waals surface area contributed by atoms with Gasteiger partial charge in [-0.15, -0.1) is 0 Å². The lowest BCUT2D eigenvalue weighted by Crippen LogP contribution is -2.34. The fourth-order valence-electron chi connectivity index (χ4n) is 1.51. The van der Waals surface area contributed by atoms with Gasteiger partial charge in [-0.3, -0.25) is 4.79 Å². The Hall–Kier alpha value is -1.31. The largest absolute Gasteiger partial charge is 0.312 e. The maximum atomic E-state index is 12.0. The molecule has 1 aromatic carbocycles. The van der Waals surface area contributed by atoms with Crippen LogP contribution in [0.3, 0.4) is 0 Å². The topological polar surface area (TPSA) is 20.3 Å². The molecule has 0 aliphatic heterocycles. The van der Waals surface area contributed by atoms with Gasteiger partial charge in [0.15, 0.2) is 0 Å². The third-order valence-electron chi connectivity index (χ3n) is 2.28. The van der Waals surface area contributed by atoms with Crippen molar-refractivity contribution in [2.24, 2.45) is 5.92 Å². The average Bonchev–Trinajstić information content (AvgIpc) is 2.26. The average molecular weight is 205 g/mol. The molecule has 0 heterocycles. The lowest BCUT2D eigenvalue weighted by atomic mass is 10.1. The summed E-state index contributed by atoms with van der Waals surface area (Å²) in [5, 5.41) is 0. The van der Waals surface area contributed by atoms with E-state index in [2.05, 4.69) is 6.92 Å². The maximum Gasteiger partial charge on any atom is 0.229 e. The quantitative estimate of drug-likeness (QED) is 0.739. The molecule has 2 heteroatoms. The lowest BCUT2D eigenvalue weighted by molar-refractivity contribution is -0.121. The van der Waals surface area contributed by atoms with Gasteiger partial charge in [0.25, 0.3) is 0 Å². The first-order valence-electron chi connectivity index (χ1n) is 5.53. The van der Waals surface area contributed by atoms with E-state index in [9.17, 15) is 4.79 Å². The lowest BCUT2D eigenvalue weighted by Gasteiger charge is -2.24. The van der Waals surface area contributed by atoms with E-state index >= 15 is 0 Å². The normalized spacial score (nSPS) is 10.4. The summed E-state index contributed by atoms with van der Waals surface area (Å²) in [4.78, 5) is 13.8. The zero-order chi connectivity index (χ0) is 11.3. The van der Waals surface area contributed by atoms with E-state index in [-0.39, 0.29) is 11.8 Å². The van der Waals surface area contributed by atoms with Crippen LogP contribution in [0.2, 0.25) is 0 Å². The number of hydrogen-bond acceptors (Lipinski definition) is 1. The van der Waals surface area contributed by atoms with Crippen molar-refractivity contribution in [1.82, 2.24) is 0 Å². The molecule has 0 saturated carbocycles. The molecule has 0 unspecified atom stereocenters. The van der Waals surface area contributed by atoms with E-state index in [0.717, 1.165) is 18.7 Å². The zero-order valence-electron chi connectivity index (χ0n) is 9.73.